The van der Waals surface area contributed by atoms with E-state index in [1.165, 1.54) is 0 Å². The van der Waals surface area contributed by atoms with Gasteiger partial charge in [0.05, 0.1) is 5.69 Å². The van der Waals surface area contributed by atoms with Gasteiger partial charge in [-0.05, 0) is 32.5 Å². The maximum absolute atomic E-state index is 12.4. The number of H-pyrrole nitrogens is 1. The third-order valence-electron chi connectivity index (χ3n) is 2.95. The van der Waals surface area contributed by atoms with E-state index in [-0.39, 0.29) is 5.92 Å². The van der Waals surface area contributed by atoms with Gasteiger partial charge in [-0.2, -0.15) is 18.3 Å². The monoisotopic (exact) mass is 233 g/mol. The van der Waals surface area contributed by atoms with E-state index in [9.17, 15) is 13.2 Å². The minimum absolute atomic E-state index is 0.117. The lowest BCUT2D eigenvalue weighted by Crippen LogP contribution is -2.30. The molecule has 0 radical (unpaired) electrons. The van der Waals surface area contributed by atoms with E-state index in [1.807, 2.05) is 7.05 Å². The molecule has 0 aromatic carbocycles. The molecule has 1 aliphatic rings. The molecule has 2 heterocycles. The molecule has 90 valence electrons. The van der Waals surface area contributed by atoms with E-state index in [0.717, 1.165) is 32.0 Å². The van der Waals surface area contributed by atoms with Gasteiger partial charge in [-0.1, -0.05) is 0 Å². The number of nitrogens with zero attached hydrogens (tertiary/aromatic N) is 2. The Morgan fingerprint density at radius 2 is 2.25 bits per heavy atom. The maximum Gasteiger partial charge on any atom is 0.432 e. The second-order valence-corrected chi connectivity index (χ2v) is 4.31. The predicted octanol–water partition coefficient (Wildman–Crippen LogP) is 2.24. The Bertz CT molecular complexity index is 358. The lowest BCUT2D eigenvalue weighted by Gasteiger charge is -2.28. The summed E-state index contributed by atoms with van der Waals surface area (Å²) in [5, 5.41) is 5.83. The third-order valence-corrected chi connectivity index (χ3v) is 2.95. The summed E-state index contributed by atoms with van der Waals surface area (Å²) in [4.78, 5) is 2.12. The van der Waals surface area contributed by atoms with Crippen molar-refractivity contribution < 1.29 is 13.2 Å². The fraction of sp³-hybridized carbons (Fsp3) is 0.700. The second kappa shape index (κ2) is 4.08. The molecule has 0 saturated carbocycles. The van der Waals surface area contributed by atoms with Gasteiger partial charge in [0.15, 0.2) is 0 Å². The van der Waals surface area contributed by atoms with Crippen molar-refractivity contribution in [3.63, 3.8) is 0 Å². The van der Waals surface area contributed by atoms with Gasteiger partial charge in [-0.25, -0.2) is 0 Å². The van der Waals surface area contributed by atoms with Gasteiger partial charge >= 0.3 is 6.18 Å². The highest BCUT2D eigenvalue weighted by Crippen LogP contribution is 2.31. The van der Waals surface area contributed by atoms with Crippen LogP contribution in [0.3, 0.4) is 0 Å². The summed E-state index contributed by atoms with van der Waals surface area (Å²) in [6.45, 7) is 1.79. The summed E-state index contributed by atoms with van der Waals surface area (Å²) in [5.74, 6) is 0.117. The Kier molecular flexibility index (Phi) is 2.92. The second-order valence-electron chi connectivity index (χ2n) is 4.31. The zero-order chi connectivity index (χ0) is 11.8. The van der Waals surface area contributed by atoms with Gasteiger partial charge in [0.2, 0.25) is 0 Å². The summed E-state index contributed by atoms with van der Waals surface area (Å²) in [5.41, 5.74) is -0.227. The van der Waals surface area contributed by atoms with Crippen LogP contribution in [0.4, 0.5) is 13.2 Å². The lowest BCUT2D eigenvalue weighted by molar-refractivity contribution is -0.141. The zero-order valence-electron chi connectivity index (χ0n) is 9.01. The Hall–Kier alpha value is -1.04. The molecule has 6 heteroatoms. The Morgan fingerprint density at radius 1 is 1.50 bits per heavy atom. The van der Waals surface area contributed by atoms with Crippen LogP contribution < -0.4 is 0 Å². The SMILES string of the molecule is CN1CCCC(c2cc(C(F)(F)F)[nH]n2)C1. The molecule has 1 N–H and O–H groups in total. The third kappa shape index (κ3) is 2.37. The van der Waals surface area contributed by atoms with Gasteiger partial charge in [0.1, 0.15) is 5.69 Å². The molecule has 1 aromatic rings. The van der Waals surface area contributed by atoms with Crippen LogP contribution in [-0.2, 0) is 6.18 Å². The van der Waals surface area contributed by atoms with Crippen LogP contribution in [0, 0.1) is 0 Å². The van der Waals surface area contributed by atoms with Crippen molar-refractivity contribution in [2.45, 2.75) is 24.9 Å². The number of hydrogen-bond acceptors (Lipinski definition) is 2. The van der Waals surface area contributed by atoms with Crippen LogP contribution >= 0.6 is 0 Å². The highest BCUT2D eigenvalue weighted by molar-refractivity contribution is 5.16. The molecule has 1 unspecified atom stereocenters. The highest BCUT2D eigenvalue weighted by Gasteiger charge is 2.34. The molecule has 1 aliphatic heterocycles. The lowest BCUT2D eigenvalue weighted by atomic mass is 9.95. The number of nitrogens with one attached hydrogen (secondary N) is 1. The van der Waals surface area contributed by atoms with Crippen LogP contribution in [0.2, 0.25) is 0 Å². The van der Waals surface area contributed by atoms with E-state index < -0.39 is 11.9 Å². The van der Waals surface area contributed by atoms with E-state index in [0.29, 0.717) is 5.69 Å². The fourth-order valence-corrected chi connectivity index (χ4v) is 2.10. The molecule has 1 fully saturated rings. The predicted molar refractivity (Wildman–Crippen MR) is 53.1 cm³/mol. The minimum Gasteiger partial charge on any atom is -0.306 e. The molecule has 0 bridgehead atoms. The first kappa shape index (κ1) is 11.4. The summed E-state index contributed by atoms with van der Waals surface area (Å²) in [6, 6.07) is 1.13. The van der Waals surface area contributed by atoms with Gasteiger partial charge in [0.25, 0.3) is 0 Å². The average Bonchev–Trinajstić information content (AvgIpc) is 2.65. The first-order chi connectivity index (χ1) is 7.47. The first-order valence-corrected chi connectivity index (χ1v) is 5.28. The summed E-state index contributed by atoms with van der Waals surface area (Å²) < 4.78 is 37.1. The molecular formula is C10H14F3N3. The number of aromatic amines is 1. The van der Waals surface area contributed by atoms with E-state index in [4.69, 9.17) is 0 Å². The standard InChI is InChI=1S/C10H14F3N3/c1-16-4-2-3-7(6-16)8-5-9(15-14-8)10(11,12)13/h5,7H,2-4,6H2,1H3,(H,14,15). The van der Waals surface area contributed by atoms with Crippen LogP contribution in [0.15, 0.2) is 6.07 Å². The topological polar surface area (TPSA) is 31.9 Å². The van der Waals surface area contributed by atoms with E-state index in [1.54, 1.807) is 0 Å². The fourth-order valence-electron chi connectivity index (χ4n) is 2.10. The summed E-state index contributed by atoms with van der Waals surface area (Å²) >= 11 is 0. The van der Waals surface area contributed by atoms with Crippen molar-refractivity contribution in [1.82, 2.24) is 15.1 Å². The normalized spacial score (nSPS) is 23.6. The zero-order valence-corrected chi connectivity index (χ0v) is 9.01. The van der Waals surface area contributed by atoms with Crippen LogP contribution in [0.5, 0.6) is 0 Å². The van der Waals surface area contributed by atoms with Gasteiger partial charge in [0, 0.05) is 12.5 Å². The van der Waals surface area contributed by atoms with Crippen molar-refractivity contribution in [1.29, 1.82) is 0 Å². The van der Waals surface area contributed by atoms with E-state index >= 15 is 0 Å². The molecule has 16 heavy (non-hydrogen) atoms. The Balaban J connectivity index is 2.12. The van der Waals surface area contributed by atoms with Crippen molar-refractivity contribution in [3.05, 3.63) is 17.5 Å². The molecule has 2 rings (SSSR count). The number of likely N-dealkylation sites (tertiary alicyclic amines) is 1. The van der Waals surface area contributed by atoms with Gasteiger partial charge in [-0.3, -0.25) is 5.10 Å². The minimum atomic E-state index is -4.33. The average molecular weight is 233 g/mol. The maximum atomic E-state index is 12.4. The van der Waals surface area contributed by atoms with Crippen LogP contribution in [0.25, 0.3) is 0 Å². The summed E-state index contributed by atoms with van der Waals surface area (Å²) in [7, 11) is 1.98. The van der Waals surface area contributed by atoms with Crippen LogP contribution in [-0.4, -0.2) is 35.2 Å². The van der Waals surface area contributed by atoms with Crippen molar-refractivity contribution in [2.75, 3.05) is 20.1 Å². The molecule has 0 spiro atoms. The number of likely N-dealkylation sites (N-methyl/N-ethyl adjacent to an activating group) is 1. The first-order valence-electron chi connectivity index (χ1n) is 5.28. The van der Waals surface area contributed by atoms with E-state index in [2.05, 4.69) is 15.1 Å². The molecular weight excluding hydrogens is 219 g/mol. The molecule has 0 amide bonds. The Labute approximate surface area is 91.6 Å². The Morgan fingerprint density at radius 3 is 2.81 bits per heavy atom. The molecule has 1 saturated heterocycles. The number of halogens is 3. The molecule has 1 atom stereocenters. The largest absolute Gasteiger partial charge is 0.432 e. The number of alkyl halides is 3. The number of rotatable bonds is 1. The number of aromatic nitrogens is 2. The molecule has 3 nitrogen and oxygen atoms in total. The number of hydrogen-bond donors (Lipinski definition) is 1. The van der Waals surface area contributed by atoms with Gasteiger partial charge in [-0.15, -0.1) is 0 Å². The van der Waals surface area contributed by atoms with Crippen molar-refractivity contribution in [2.24, 2.45) is 0 Å². The van der Waals surface area contributed by atoms with Crippen LogP contribution in [0.1, 0.15) is 30.1 Å². The smallest absolute Gasteiger partial charge is 0.306 e. The molecule has 0 aliphatic carbocycles. The highest BCUT2D eigenvalue weighted by atomic mass is 19.4. The van der Waals surface area contributed by atoms with Crippen molar-refractivity contribution in [3.8, 4) is 0 Å². The molecule has 1 aromatic heterocycles. The van der Waals surface area contributed by atoms with Crippen molar-refractivity contribution >= 4 is 0 Å². The van der Waals surface area contributed by atoms with Gasteiger partial charge < -0.3 is 4.90 Å². The summed E-state index contributed by atoms with van der Waals surface area (Å²) in [6.07, 6.45) is -2.41. The quantitative estimate of drug-likeness (QED) is 0.806. The number of piperidine rings is 1.